The highest BCUT2D eigenvalue weighted by Gasteiger charge is 2.21. The molecule has 1 aliphatic rings. The minimum Gasteiger partial charge on any atom is -0.356 e. The highest BCUT2D eigenvalue weighted by Crippen LogP contribution is 2.18. The Bertz CT molecular complexity index is 432. The van der Waals surface area contributed by atoms with E-state index in [-0.39, 0.29) is 11.8 Å². The van der Waals surface area contributed by atoms with Gasteiger partial charge in [-0.3, -0.25) is 9.69 Å². The number of piperidine rings is 1. The van der Waals surface area contributed by atoms with Gasteiger partial charge in [0, 0.05) is 25.6 Å². The fraction of sp³-hybridized carbons (Fsp3) is 0.611. The number of amides is 1. The normalized spacial score (nSPS) is 21.0. The van der Waals surface area contributed by atoms with E-state index >= 15 is 0 Å². The van der Waals surface area contributed by atoms with E-state index in [1.54, 1.807) is 0 Å². The van der Waals surface area contributed by atoms with Gasteiger partial charge >= 0.3 is 0 Å². The standard InChI is InChI=1S/C18H28N2O/c1-3-15(2)18(21)19-12-17-10-7-11-20(14-17)13-16-8-5-4-6-9-16/h4-6,8-9,15,17H,3,7,10-14H2,1-2H3,(H,19,21). The number of rotatable bonds is 6. The third-order valence-corrected chi connectivity index (χ3v) is 4.48. The molecular formula is C18H28N2O. The summed E-state index contributed by atoms with van der Waals surface area (Å²) in [5, 5.41) is 3.12. The summed E-state index contributed by atoms with van der Waals surface area (Å²) < 4.78 is 0. The van der Waals surface area contributed by atoms with E-state index in [1.165, 1.54) is 24.9 Å². The molecule has 21 heavy (non-hydrogen) atoms. The summed E-state index contributed by atoms with van der Waals surface area (Å²) in [6.45, 7) is 8.18. The van der Waals surface area contributed by atoms with Gasteiger partial charge in [0.25, 0.3) is 0 Å². The van der Waals surface area contributed by atoms with E-state index < -0.39 is 0 Å². The zero-order valence-electron chi connectivity index (χ0n) is 13.3. The van der Waals surface area contributed by atoms with E-state index in [0.717, 1.165) is 26.1 Å². The van der Waals surface area contributed by atoms with E-state index in [0.29, 0.717) is 5.92 Å². The summed E-state index contributed by atoms with van der Waals surface area (Å²) in [5.74, 6) is 0.933. The number of benzene rings is 1. The summed E-state index contributed by atoms with van der Waals surface area (Å²) in [5.41, 5.74) is 1.38. The van der Waals surface area contributed by atoms with E-state index in [4.69, 9.17) is 0 Å². The Hall–Kier alpha value is -1.35. The Balaban J connectivity index is 1.77. The molecule has 1 amide bonds. The molecule has 0 aliphatic carbocycles. The number of carbonyl (C=O) groups excluding carboxylic acids is 1. The molecule has 0 bridgehead atoms. The number of carbonyl (C=O) groups is 1. The van der Waals surface area contributed by atoms with Crippen molar-refractivity contribution in [3.8, 4) is 0 Å². The van der Waals surface area contributed by atoms with Crippen molar-refractivity contribution in [2.45, 2.75) is 39.7 Å². The van der Waals surface area contributed by atoms with Gasteiger partial charge in [-0.2, -0.15) is 0 Å². The molecular weight excluding hydrogens is 260 g/mol. The lowest BCUT2D eigenvalue weighted by Gasteiger charge is -2.33. The van der Waals surface area contributed by atoms with Gasteiger partial charge in [0.05, 0.1) is 0 Å². The van der Waals surface area contributed by atoms with E-state index in [1.807, 2.05) is 6.92 Å². The summed E-state index contributed by atoms with van der Waals surface area (Å²) in [6.07, 6.45) is 3.37. The van der Waals surface area contributed by atoms with Crippen LogP contribution in [0.5, 0.6) is 0 Å². The Labute approximate surface area is 128 Å². The fourth-order valence-corrected chi connectivity index (χ4v) is 2.91. The van der Waals surface area contributed by atoms with Crippen molar-refractivity contribution in [3.05, 3.63) is 35.9 Å². The maximum atomic E-state index is 11.9. The van der Waals surface area contributed by atoms with Gasteiger partial charge in [0.2, 0.25) is 5.91 Å². The number of likely N-dealkylation sites (tertiary alicyclic amines) is 1. The van der Waals surface area contributed by atoms with Gasteiger partial charge in [0.15, 0.2) is 0 Å². The van der Waals surface area contributed by atoms with Crippen LogP contribution in [0.2, 0.25) is 0 Å². The van der Waals surface area contributed by atoms with Crippen molar-refractivity contribution >= 4 is 5.91 Å². The average molecular weight is 288 g/mol. The average Bonchev–Trinajstić information content (AvgIpc) is 2.53. The first-order valence-electron chi connectivity index (χ1n) is 8.23. The third-order valence-electron chi connectivity index (χ3n) is 4.48. The highest BCUT2D eigenvalue weighted by molar-refractivity contribution is 5.78. The molecule has 1 heterocycles. The smallest absolute Gasteiger partial charge is 0.222 e. The number of nitrogens with zero attached hydrogens (tertiary/aromatic N) is 1. The second-order valence-electron chi connectivity index (χ2n) is 6.28. The summed E-state index contributed by atoms with van der Waals surface area (Å²) in [7, 11) is 0. The lowest BCUT2D eigenvalue weighted by Crippen LogP contribution is -2.41. The van der Waals surface area contributed by atoms with Crippen LogP contribution >= 0.6 is 0 Å². The molecule has 116 valence electrons. The van der Waals surface area contributed by atoms with Crippen LogP contribution in [-0.4, -0.2) is 30.4 Å². The topological polar surface area (TPSA) is 32.3 Å². The molecule has 0 aromatic heterocycles. The second-order valence-corrected chi connectivity index (χ2v) is 6.28. The quantitative estimate of drug-likeness (QED) is 0.872. The first-order valence-corrected chi connectivity index (χ1v) is 8.23. The van der Waals surface area contributed by atoms with Crippen molar-refractivity contribution in [2.24, 2.45) is 11.8 Å². The number of nitrogens with one attached hydrogen (secondary N) is 1. The largest absolute Gasteiger partial charge is 0.356 e. The van der Waals surface area contributed by atoms with Gasteiger partial charge < -0.3 is 5.32 Å². The summed E-state index contributed by atoms with van der Waals surface area (Å²) in [6, 6.07) is 10.6. The van der Waals surface area contributed by atoms with Gasteiger partial charge in [-0.05, 0) is 37.3 Å². The molecule has 1 aromatic carbocycles. The van der Waals surface area contributed by atoms with Crippen molar-refractivity contribution in [1.82, 2.24) is 10.2 Å². The lowest BCUT2D eigenvalue weighted by atomic mass is 9.97. The fourth-order valence-electron chi connectivity index (χ4n) is 2.91. The van der Waals surface area contributed by atoms with Gasteiger partial charge in [0.1, 0.15) is 0 Å². The van der Waals surface area contributed by atoms with E-state index in [2.05, 4.69) is 47.5 Å². The van der Waals surface area contributed by atoms with Gasteiger partial charge in [-0.1, -0.05) is 44.2 Å². The van der Waals surface area contributed by atoms with Crippen molar-refractivity contribution in [3.63, 3.8) is 0 Å². The van der Waals surface area contributed by atoms with Crippen LogP contribution in [0.4, 0.5) is 0 Å². The van der Waals surface area contributed by atoms with Crippen LogP contribution in [-0.2, 0) is 11.3 Å². The first kappa shape index (κ1) is 16.0. The SMILES string of the molecule is CCC(C)C(=O)NCC1CCCN(Cc2ccccc2)C1. The molecule has 2 unspecified atom stereocenters. The maximum Gasteiger partial charge on any atom is 0.222 e. The third kappa shape index (κ3) is 5.16. The Morgan fingerprint density at radius 2 is 2.14 bits per heavy atom. The molecule has 3 heteroatoms. The van der Waals surface area contributed by atoms with Gasteiger partial charge in [-0.25, -0.2) is 0 Å². The molecule has 1 saturated heterocycles. The molecule has 0 saturated carbocycles. The Morgan fingerprint density at radius 1 is 1.38 bits per heavy atom. The molecule has 1 aromatic rings. The predicted octanol–water partition coefficient (Wildman–Crippen LogP) is 3.06. The van der Waals surface area contributed by atoms with Crippen molar-refractivity contribution in [2.75, 3.05) is 19.6 Å². The predicted molar refractivity (Wildman–Crippen MR) is 86.9 cm³/mol. The van der Waals surface area contributed by atoms with Crippen molar-refractivity contribution < 1.29 is 4.79 Å². The zero-order chi connectivity index (χ0) is 15.1. The molecule has 1 fully saturated rings. The summed E-state index contributed by atoms with van der Waals surface area (Å²) >= 11 is 0. The molecule has 1 N–H and O–H groups in total. The van der Waals surface area contributed by atoms with Gasteiger partial charge in [-0.15, -0.1) is 0 Å². The highest BCUT2D eigenvalue weighted by atomic mass is 16.1. The minimum atomic E-state index is 0.133. The molecule has 0 spiro atoms. The molecule has 2 atom stereocenters. The second kappa shape index (κ2) is 8.18. The van der Waals surface area contributed by atoms with Crippen LogP contribution in [0.3, 0.4) is 0 Å². The van der Waals surface area contributed by atoms with Crippen LogP contribution in [0.15, 0.2) is 30.3 Å². The summed E-state index contributed by atoms with van der Waals surface area (Å²) in [4.78, 5) is 14.4. The molecule has 1 aliphatic heterocycles. The van der Waals surface area contributed by atoms with Crippen LogP contribution < -0.4 is 5.32 Å². The zero-order valence-corrected chi connectivity index (χ0v) is 13.3. The Kier molecular flexibility index (Phi) is 6.24. The first-order chi connectivity index (χ1) is 10.2. The molecule has 0 radical (unpaired) electrons. The molecule has 3 nitrogen and oxygen atoms in total. The van der Waals surface area contributed by atoms with E-state index in [9.17, 15) is 4.79 Å². The number of hydrogen-bond donors (Lipinski definition) is 1. The monoisotopic (exact) mass is 288 g/mol. The van der Waals surface area contributed by atoms with Crippen LogP contribution in [0, 0.1) is 11.8 Å². The maximum absolute atomic E-state index is 11.9. The van der Waals surface area contributed by atoms with Crippen LogP contribution in [0.25, 0.3) is 0 Å². The minimum absolute atomic E-state index is 0.133. The molecule has 2 rings (SSSR count). The van der Waals surface area contributed by atoms with Crippen LogP contribution in [0.1, 0.15) is 38.7 Å². The Morgan fingerprint density at radius 3 is 2.86 bits per heavy atom. The lowest BCUT2D eigenvalue weighted by molar-refractivity contribution is -0.124. The van der Waals surface area contributed by atoms with Crippen molar-refractivity contribution in [1.29, 1.82) is 0 Å². The number of hydrogen-bond acceptors (Lipinski definition) is 2.